The smallest absolute Gasteiger partial charge is 0.216 e. The quantitative estimate of drug-likeness (QED) is 0.598. The second-order valence-corrected chi connectivity index (χ2v) is 3.68. The molecule has 0 bridgehead atoms. The summed E-state index contributed by atoms with van der Waals surface area (Å²) < 4.78 is 0. The number of hydrogen-bond donors (Lipinski definition) is 0. The zero-order valence-electron chi connectivity index (χ0n) is 9.66. The van der Waals surface area contributed by atoms with E-state index in [4.69, 9.17) is 0 Å². The van der Waals surface area contributed by atoms with Crippen molar-refractivity contribution >= 4 is 11.6 Å². The van der Waals surface area contributed by atoms with Crippen LogP contribution in [0.5, 0.6) is 0 Å². The summed E-state index contributed by atoms with van der Waals surface area (Å²) in [5, 5.41) is 4.15. The maximum absolute atomic E-state index is 10.9. The van der Waals surface area contributed by atoms with Crippen molar-refractivity contribution in [1.82, 2.24) is 9.97 Å². The predicted molar refractivity (Wildman–Crippen MR) is 65.9 cm³/mol. The molecular weight excluding hydrogens is 216 g/mol. The fourth-order valence-corrected chi connectivity index (χ4v) is 1.57. The van der Waals surface area contributed by atoms with Gasteiger partial charge in [-0.25, -0.2) is 9.97 Å². The molecule has 0 saturated carbocycles. The first-order valence-electron chi connectivity index (χ1n) is 5.21. The summed E-state index contributed by atoms with van der Waals surface area (Å²) in [4.78, 5) is 19.3. The fraction of sp³-hybridized carbons (Fsp3) is 0.167. The van der Waals surface area contributed by atoms with Gasteiger partial charge in [-0.1, -0.05) is 18.2 Å². The van der Waals surface area contributed by atoms with Gasteiger partial charge in [-0.15, -0.1) is 4.91 Å². The molecule has 0 N–H and O–H groups in total. The van der Waals surface area contributed by atoms with Crippen LogP contribution < -0.4 is 5.01 Å². The van der Waals surface area contributed by atoms with Crippen LogP contribution in [0.4, 0.5) is 11.6 Å². The zero-order chi connectivity index (χ0) is 12.3. The van der Waals surface area contributed by atoms with Crippen LogP contribution in [0.25, 0.3) is 0 Å². The number of benzene rings is 1. The number of aryl methyl sites for hydroxylation is 2. The highest BCUT2D eigenvalue weighted by molar-refractivity contribution is 5.55. The Morgan fingerprint density at radius 2 is 1.65 bits per heavy atom. The monoisotopic (exact) mass is 228 g/mol. The van der Waals surface area contributed by atoms with Gasteiger partial charge in [0.25, 0.3) is 5.95 Å². The van der Waals surface area contributed by atoms with Crippen LogP contribution in [0.1, 0.15) is 11.4 Å². The van der Waals surface area contributed by atoms with Crippen LogP contribution in [0.3, 0.4) is 0 Å². The second-order valence-electron chi connectivity index (χ2n) is 3.68. The normalized spacial score (nSPS) is 10.0. The van der Waals surface area contributed by atoms with Gasteiger partial charge in [0, 0.05) is 11.4 Å². The molecule has 1 aromatic heterocycles. The van der Waals surface area contributed by atoms with Crippen molar-refractivity contribution in [1.29, 1.82) is 0 Å². The average Bonchev–Trinajstić information content (AvgIpc) is 2.30. The Balaban J connectivity index is 2.46. The first-order chi connectivity index (χ1) is 8.20. The number of anilines is 2. The molecule has 2 rings (SSSR count). The van der Waals surface area contributed by atoms with Crippen LogP contribution in [-0.4, -0.2) is 9.97 Å². The third-order valence-corrected chi connectivity index (χ3v) is 2.24. The molecule has 86 valence electrons. The Bertz CT molecular complexity index is 507. The van der Waals surface area contributed by atoms with E-state index in [0.29, 0.717) is 11.6 Å². The Morgan fingerprint density at radius 3 is 2.18 bits per heavy atom. The van der Waals surface area contributed by atoms with Crippen molar-refractivity contribution in [3.8, 4) is 0 Å². The number of aromatic nitrogens is 2. The number of nitrogens with zero attached hydrogens (tertiary/aromatic N) is 4. The van der Waals surface area contributed by atoms with Gasteiger partial charge in [0.2, 0.25) is 0 Å². The summed E-state index contributed by atoms with van der Waals surface area (Å²) in [6.07, 6.45) is 0. The molecule has 0 amide bonds. The molecule has 0 fully saturated rings. The molecule has 17 heavy (non-hydrogen) atoms. The highest BCUT2D eigenvalue weighted by atomic mass is 16.3. The van der Waals surface area contributed by atoms with Gasteiger partial charge >= 0.3 is 0 Å². The summed E-state index contributed by atoms with van der Waals surface area (Å²) in [5.41, 5.74) is 2.25. The van der Waals surface area contributed by atoms with E-state index in [-0.39, 0.29) is 0 Å². The summed E-state index contributed by atoms with van der Waals surface area (Å²) >= 11 is 0. The van der Waals surface area contributed by atoms with Crippen LogP contribution in [-0.2, 0) is 0 Å². The molecule has 2 aromatic rings. The number of hydrogen-bond acceptors (Lipinski definition) is 4. The van der Waals surface area contributed by atoms with Crippen molar-refractivity contribution in [3.63, 3.8) is 0 Å². The third-order valence-electron chi connectivity index (χ3n) is 2.24. The number of nitroso groups, excluding NO2 is 1. The highest BCUT2D eigenvalue weighted by Gasteiger charge is 2.13. The van der Waals surface area contributed by atoms with Crippen LogP contribution in [0.15, 0.2) is 41.7 Å². The predicted octanol–water partition coefficient (Wildman–Crippen LogP) is 2.91. The van der Waals surface area contributed by atoms with E-state index in [1.54, 1.807) is 12.1 Å². The largest absolute Gasteiger partial charge is 0.254 e. The summed E-state index contributed by atoms with van der Waals surface area (Å²) in [6, 6.07) is 10.9. The van der Waals surface area contributed by atoms with Crippen LogP contribution in [0.2, 0.25) is 0 Å². The van der Waals surface area contributed by atoms with Crippen LogP contribution >= 0.6 is 0 Å². The lowest BCUT2D eigenvalue weighted by atomic mass is 10.3. The summed E-state index contributed by atoms with van der Waals surface area (Å²) in [5.74, 6) is 0.295. The SMILES string of the molecule is Cc1cc(C)nc(N(N=O)c2ccccc2)n1. The molecule has 0 radical (unpaired) electrons. The lowest BCUT2D eigenvalue weighted by Crippen LogP contribution is -2.12. The van der Waals surface area contributed by atoms with Gasteiger partial charge in [0.05, 0.1) is 11.0 Å². The Hall–Kier alpha value is -2.30. The van der Waals surface area contributed by atoms with Crippen molar-refractivity contribution in [2.45, 2.75) is 13.8 Å². The third kappa shape index (κ3) is 2.44. The summed E-state index contributed by atoms with van der Waals surface area (Å²) in [6.45, 7) is 3.71. The van der Waals surface area contributed by atoms with Gasteiger partial charge in [0.1, 0.15) is 0 Å². The molecular formula is C12H12N4O. The van der Waals surface area contributed by atoms with E-state index < -0.39 is 0 Å². The minimum atomic E-state index is 0.295. The summed E-state index contributed by atoms with van der Waals surface area (Å²) in [7, 11) is 0. The molecule has 0 aliphatic carbocycles. The number of para-hydroxylation sites is 1. The van der Waals surface area contributed by atoms with E-state index in [2.05, 4.69) is 15.3 Å². The molecule has 0 spiro atoms. The zero-order valence-corrected chi connectivity index (χ0v) is 9.66. The average molecular weight is 228 g/mol. The van der Waals surface area contributed by atoms with Gasteiger partial charge in [-0.05, 0) is 32.0 Å². The first-order valence-corrected chi connectivity index (χ1v) is 5.21. The minimum absolute atomic E-state index is 0.295. The van der Waals surface area contributed by atoms with Gasteiger partial charge < -0.3 is 0 Å². The van der Waals surface area contributed by atoms with Crippen molar-refractivity contribution in [3.05, 3.63) is 52.7 Å². The van der Waals surface area contributed by atoms with Crippen LogP contribution in [0, 0.1) is 18.8 Å². The van der Waals surface area contributed by atoms with E-state index in [9.17, 15) is 4.91 Å². The topological polar surface area (TPSA) is 58.5 Å². The molecule has 0 atom stereocenters. The molecule has 0 unspecified atom stereocenters. The Labute approximate surface area is 99.1 Å². The van der Waals surface area contributed by atoms with Gasteiger partial charge in [-0.3, -0.25) is 0 Å². The highest BCUT2D eigenvalue weighted by Crippen LogP contribution is 2.22. The van der Waals surface area contributed by atoms with Crippen molar-refractivity contribution in [2.75, 3.05) is 5.01 Å². The standard InChI is InChI=1S/C12H12N4O/c1-9-8-10(2)14-12(13-9)16(15-17)11-6-4-3-5-7-11/h3-8H,1-2H3. The Kier molecular flexibility index (Phi) is 3.09. The fourth-order valence-electron chi connectivity index (χ4n) is 1.57. The van der Waals surface area contributed by atoms with Gasteiger partial charge in [-0.2, -0.15) is 5.01 Å². The molecule has 5 heteroatoms. The molecule has 1 aromatic carbocycles. The molecule has 0 aliphatic heterocycles. The first kappa shape index (κ1) is 11.2. The molecule has 1 heterocycles. The maximum Gasteiger partial charge on any atom is 0.254 e. The van der Waals surface area contributed by atoms with E-state index in [1.807, 2.05) is 38.1 Å². The number of rotatable bonds is 3. The lowest BCUT2D eigenvalue weighted by Gasteiger charge is -2.13. The molecule has 0 aliphatic rings. The molecule has 5 nitrogen and oxygen atoms in total. The molecule has 0 saturated heterocycles. The minimum Gasteiger partial charge on any atom is -0.216 e. The van der Waals surface area contributed by atoms with E-state index in [0.717, 1.165) is 11.4 Å². The maximum atomic E-state index is 10.9. The van der Waals surface area contributed by atoms with Crippen molar-refractivity contribution < 1.29 is 0 Å². The Morgan fingerprint density at radius 1 is 1.06 bits per heavy atom. The van der Waals surface area contributed by atoms with Gasteiger partial charge in [0.15, 0.2) is 0 Å². The lowest BCUT2D eigenvalue weighted by molar-refractivity contribution is 0.937. The van der Waals surface area contributed by atoms with E-state index >= 15 is 0 Å². The second kappa shape index (κ2) is 4.69. The van der Waals surface area contributed by atoms with Crippen molar-refractivity contribution in [2.24, 2.45) is 5.29 Å². The van der Waals surface area contributed by atoms with E-state index in [1.165, 1.54) is 5.01 Å².